The predicted molar refractivity (Wildman–Crippen MR) is 82.7 cm³/mol. The molecule has 106 valence electrons. The van der Waals surface area contributed by atoms with Gasteiger partial charge in [-0.05, 0) is 35.9 Å². The number of halogens is 1. The normalized spacial score (nSPS) is 12.4. The maximum Gasteiger partial charge on any atom is 0.139 e. The first kappa shape index (κ1) is 13.7. The van der Waals surface area contributed by atoms with Gasteiger partial charge in [0.1, 0.15) is 5.82 Å². The van der Waals surface area contributed by atoms with Crippen molar-refractivity contribution in [1.82, 2.24) is 4.98 Å². The molecule has 0 fully saturated rings. The van der Waals surface area contributed by atoms with E-state index >= 15 is 0 Å². The molecule has 3 aromatic rings. The van der Waals surface area contributed by atoms with Gasteiger partial charge in [0.2, 0.25) is 0 Å². The van der Waals surface area contributed by atoms with Crippen molar-refractivity contribution in [2.45, 2.75) is 10.6 Å². The summed E-state index contributed by atoms with van der Waals surface area (Å²) >= 11 is 0. The number of nitrogens with zero attached hydrogens (tertiary/aromatic N) is 1. The molecule has 1 atom stereocenters. The van der Waals surface area contributed by atoms with Gasteiger partial charge in [-0.3, -0.25) is 9.19 Å². The van der Waals surface area contributed by atoms with Gasteiger partial charge in [0.15, 0.2) is 0 Å². The van der Waals surface area contributed by atoms with Crippen LogP contribution in [0, 0.1) is 5.82 Å². The lowest BCUT2D eigenvalue weighted by Crippen LogP contribution is -2.01. The molecular formula is C16H13FN2OS. The number of pyridine rings is 1. The first-order chi connectivity index (χ1) is 10.2. The van der Waals surface area contributed by atoms with Crippen molar-refractivity contribution >= 4 is 27.4 Å². The van der Waals surface area contributed by atoms with Gasteiger partial charge in [-0.2, -0.15) is 0 Å². The summed E-state index contributed by atoms with van der Waals surface area (Å²) in [5, 5.41) is 0.820. The molecular weight excluding hydrogens is 287 g/mol. The van der Waals surface area contributed by atoms with Crippen molar-refractivity contribution in [2.75, 3.05) is 5.73 Å². The topological polar surface area (TPSA) is 56.0 Å². The van der Waals surface area contributed by atoms with Crippen molar-refractivity contribution < 1.29 is 8.60 Å². The van der Waals surface area contributed by atoms with E-state index in [9.17, 15) is 8.60 Å². The maximum absolute atomic E-state index is 13.7. The Hall–Kier alpha value is -2.27. The second-order valence-corrected chi connectivity index (χ2v) is 6.05. The molecule has 0 saturated heterocycles. The van der Waals surface area contributed by atoms with Gasteiger partial charge in [-0.15, -0.1) is 0 Å². The van der Waals surface area contributed by atoms with E-state index in [4.69, 9.17) is 5.73 Å². The molecule has 0 aliphatic heterocycles. The highest BCUT2D eigenvalue weighted by molar-refractivity contribution is 7.84. The van der Waals surface area contributed by atoms with E-state index in [0.29, 0.717) is 11.2 Å². The predicted octanol–water partition coefficient (Wildman–Crippen LogP) is 3.26. The zero-order valence-corrected chi connectivity index (χ0v) is 11.9. The number of fused-ring (bicyclic) bond motifs is 1. The van der Waals surface area contributed by atoms with Crippen molar-refractivity contribution in [3.8, 4) is 0 Å². The summed E-state index contributed by atoms with van der Waals surface area (Å²) in [5.74, 6) is -0.252. The van der Waals surface area contributed by atoms with Gasteiger partial charge in [-0.25, -0.2) is 4.39 Å². The summed E-state index contributed by atoms with van der Waals surface area (Å²) in [6, 6.07) is 13.3. The third-order valence-electron chi connectivity index (χ3n) is 3.26. The highest BCUT2D eigenvalue weighted by Crippen LogP contribution is 2.25. The molecule has 0 aliphatic rings. The fourth-order valence-electron chi connectivity index (χ4n) is 2.22. The summed E-state index contributed by atoms with van der Waals surface area (Å²) in [6.45, 7) is 0. The Balaban J connectivity index is 2.01. The molecule has 21 heavy (non-hydrogen) atoms. The lowest BCUT2D eigenvalue weighted by Gasteiger charge is -2.08. The molecule has 2 N–H and O–H groups in total. The molecule has 1 unspecified atom stereocenters. The van der Waals surface area contributed by atoms with E-state index in [0.717, 1.165) is 10.9 Å². The lowest BCUT2D eigenvalue weighted by atomic mass is 10.1. The molecule has 0 aliphatic carbocycles. The van der Waals surface area contributed by atoms with Crippen molar-refractivity contribution in [1.29, 1.82) is 0 Å². The van der Waals surface area contributed by atoms with Crippen molar-refractivity contribution in [2.24, 2.45) is 0 Å². The van der Waals surface area contributed by atoms with Crippen LogP contribution in [-0.4, -0.2) is 9.19 Å². The fourth-order valence-corrected chi connectivity index (χ4v) is 3.40. The third kappa shape index (κ3) is 2.64. The Kier molecular flexibility index (Phi) is 3.66. The van der Waals surface area contributed by atoms with Gasteiger partial charge < -0.3 is 5.73 Å². The van der Waals surface area contributed by atoms with Crippen LogP contribution in [0.15, 0.2) is 59.6 Å². The SMILES string of the molecule is Nc1ccc(CS(=O)c2ccccc2F)c2ncccc12. The highest BCUT2D eigenvalue weighted by Gasteiger charge is 2.13. The average Bonchev–Trinajstić information content (AvgIpc) is 2.51. The zero-order chi connectivity index (χ0) is 14.8. The second-order valence-electron chi connectivity index (χ2n) is 4.63. The Morgan fingerprint density at radius 3 is 2.71 bits per heavy atom. The molecule has 0 bridgehead atoms. The van der Waals surface area contributed by atoms with E-state index in [1.54, 1.807) is 42.6 Å². The van der Waals surface area contributed by atoms with Crippen LogP contribution in [0.1, 0.15) is 5.56 Å². The standard InChI is InChI=1S/C16H13FN2OS/c17-13-5-1-2-6-15(13)21(20)10-11-7-8-14(18)12-4-3-9-19-16(11)12/h1-9H,10,18H2. The summed E-state index contributed by atoms with van der Waals surface area (Å²) in [7, 11) is -1.46. The number of hydrogen-bond acceptors (Lipinski definition) is 3. The van der Waals surface area contributed by atoms with Crippen molar-refractivity contribution in [3.63, 3.8) is 0 Å². The van der Waals surface area contributed by atoms with E-state index < -0.39 is 16.6 Å². The van der Waals surface area contributed by atoms with E-state index in [2.05, 4.69) is 4.98 Å². The monoisotopic (exact) mass is 300 g/mol. The fraction of sp³-hybridized carbons (Fsp3) is 0.0625. The number of nitrogens with two attached hydrogens (primary N) is 1. The van der Waals surface area contributed by atoms with Crippen LogP contribution >= 0.6 is 0 Å². The Morgan fingerprint density at radius 2 is 1.90 bits per heavy atom. The number of anilines is 1. The number of benzene rings is 2. The molecule has 5 heteroatoms. The smallest absolute Gasteiger partial charge is 0.139 e. The molecule has 0 spiro atoms. The maximum atomic E-state index is 13.7. The number of nitrogen functional groups attached to an aromatic ring is 1. The minimum absolute atomic E-state index is 0.203. The minimum atomic E-state index is -1.46. The van der Waals surface area contributed by atoms with Crippen LogP contribution in [0.4, 0.5) is 10.1 Å². The van der Waals surface area contributed by atoms with E-state index in [1.807, 2.05) is 6.07 Å². The molecule has 3 nitrogen and oxygen atoms in total. The van der Waals surface area contributed by atoms with Crippen LogP contribution in [0.3, 0.4) is 0 Å². The molecule has 1 heterocycles. The van der Waals surface area contributed by atoms with Crippen LogP contribution in [-0.2, 0) is 16.6 Å². The summed E-state index contributed by atoms with van der Waals surface area (Å²) in [5.41, 5.74) is 8.04. The van der Waals surface area contributed by atoms with Crippen LogP contribution in [0.25, 0.3) is 10.9 Å². The largest absolute Gasteiger partial charge is 0.398 e. The molecule has 0 saturated carbocycles. The van der Waals surface area contributed by atoms with Gasteiger partial charge in [-0.1, -0.05) is 18.2 Å². The average molecular weight is 300 g/mol. The summed E-state index contributed by atoms with van der Waals surface area (Å²) in [4.78, 5) is 4.51. The molecule has 2 aromatic carbocycles. The first-order valence-corrected chi connectivity index (χ1v) is 7.73. The molecule has 0 amide bonds. The number of aromatic nitrogens is 1. The zero-order valence-electron chi connectivity index (χ0n) is 11.1. The molecule has 1 aromatic heterocycles. The number of hydrogen-bond donors (Lipinski definition) is 1. The van der Waals surface area contributed by atoms with Crippen LogP contribution in [0.2, 0.25) is 0 Å². The summed E-state index contributed by atoms with van der Waals surface area (Å²) in [6.07, 6.45) is 1.66. The lowest BCUT2D eigenvalue weighted by molar-refractivity contribution is 0.595. The van der Waals surface area contributed by atoms with Crippen LogP contribution < -0.4 is 5.73 Å². The van der Waals surface area contributed by atoms with Crippen LogP contribution in [0.5, 0.6) is 0 Å². The minimum Gasteiger partial charge on any atom is -0.398 e. The van der Waals surface area contributed by atoms with E-state index in [1.165, 1.54) is 6.07 Å². The number of rotatable bonds is 3. The second kappa shape index (κ2) is 5.61. The summed E-state index contributed by atoms with van der Waals surface area (Å²) < 4.78 is 26.1. The highest BCUT2D eigenvalue weighted by atomic mass is 32.2. The molecule has 3 rings (SSSR count). The molecule has 0 radical (unpaired) electrons. The quantitative estimate of drug-likeness (QED) is 0.755. The van der Waals surface area contributed by atoms with Gasteiger partial charge in [0, 0.05) is 17.3 Å². The van der Waals surface area contributed by atoms with Gasteiger partial charge in [0.25, 0.3) is 0 Å². The van der Waals surface area contributed by atoms with E-state index in [-0.39, 0.29) is 10.6 Å². The van der Waals surface area contributed by atoms with Gasteiger partial charge in [0.05, 0.1) is 27.0 Å². The van der Waals surface area contributed by atoms with Gasteiger partial charge >= 0.3 is 0 Å². The Labute approximate surface area is 124 Å². The third-order valence-corrected chi connectivity index (χ3v) is 4.65. The first-order valence-electron chi connectivity index (χ1n) is 6.42. The van der Waals surface area contributed by atoms with Crippen molar-refractivity contribution in [3.05, 3.63) is 66.1 Å². The Morgan fingerprint density at radius 1 is 1.10 bits per heavy atom. The Bertz CT molecular complexity index is 835.